The van der Waals surface area contributed by atoms with E-state index in [1.165, 1.54) is 5.56 Å². The van der Waals surface area contributed by atoms with Crippen molar-refractivity contribution < 1.29 is 4.39 Å². The zero-order chi connectivity index (χ0) is 14.5. The molecular weight excluding hydrogens is 317 g/mol. The summed E-state index contributed by atoms with van der Waals surface area (Å²) in [5, 5.41) is 3.43. The summed E-state index contributed by atoms with van der Waals surface area (Å²) in [4.78, 5) is 0. The molecule has 1 atom stereocenters. The molecule has 1 N–H and O–H groups in total. The summed E-state index contributed by atoms with van der Waals surface area (Å²) >= 11 is 3.57. The van der Waals surface area contributed by atoms with Gasteiger partial charge >= 0.3 is 0 Å². The topological polar surface area (TPSA) is 12.0 Å². The van der Waals surface area contributed by atoms with Gasteiger partial charge in [0.25, 0.3) is 0 Å². The first-order valence-corrected chi connectivity index (χ1v) is 7.64. The second-order valence-corrected chi connectivity index (χ2v) is 5.77. The van der Waals surface area contributed by atoms with Crippen molar-refractivity contribution in [1.82, 2.24) is 5.32 Å². The third kappa shape index (κ3) is 3.68. The second kappa shape index (κ2) is 7.00. The highest BCUT2D eigenvalue weighted by atomic mass is 79.9. The van der Waals surface area contributed by atoms with E-state index in [9.17, 15) is 4.39 Å². The van der Waals surface area contributed by atoms with E-state index in [0.717, 1.165) is 23.0 Å². The maximum atomic E-state index is 13.8. The molecule has 0 saturated carbocycles. The van der Waals surface area contributed by atoms with E-state index in [0.29, 0.717) is 5.56 Å². The molecule has 0 radical (unpaired) electrons. The summed E-state index contributed by atoms with van der Waals surface area (Å²) in [5.74, 6) is -0.141. The van der Waals surface area contributed by atoms with Gasteiger partial charge in [-0.25, -0.2) is 4.39 Å². The van der Waals surface area contributed by atoms with Crippen LogP contribution < -0.4 is 5.32 Å². The van der Waals surface area contributed by atoms with E-state index in [1.54, 1.807) is 13.0 Å². The normalized spacial score (nSPS) is 12.4. The Kier molecular flexibility index (Phi) is 5.32. The van der Waals surface area contributed by atoms with Crippen molar-refractivity contribution >= 4 is 15.9 Å². The lowest BCUT2D eigenvalue weighted by atomic mass is 9.98. The molecule has 0 spiro atoms. The Hall–Kier alpha value is -1.19. The third-order valence-electron chi connectivity index (χ3n) is 3.43. The fraction of sp³-hybridized carbons (Fsp3) is 0.294. The van der Waals surface area contributed by atoms with Crippen LogP contribution in [-0.2, 0) is 6.42 Å². The predicted octanol–water partition coefficient (Wildman–Crippen LogP) is 4.79. The van der Waals surface area contributed by atoms with E-state index in [1.807, 2.05) is 30.3 Å². The van der Waals surface area contributed by atoms with Gasteiger partial charge in [0.2, 0.25) is 0 Å². The molecule has 0 saturated heterocycles. The fourth-order valence-electron chi connectivity index (χ4n) is 2.26. The van der Waals surface area contributed by atoms with Crippen LogP contribution in [0, 0.1) is 12.7 Å². The van der Waals surface area contributed by atoms with Gasteiger partial charge in [-0.15, -0.1) is 0 Å². The maximum absolute atomic E-state index is 13.8. The zero-order valence-electron chi connectivity index (χ0n) is 11.8. The smallest absolute Gasteiger partial charge is 0.126 e. The highest BCUT2D eigenvalue weighted by Gasteiger charge is 2.14. The summed E-state index contributed by atoms with van der Waals surface area (Å²) in [6.07, 6.45) is 0.831. The fourth-order valence-corrected chi connectivity index (χ4v) is 2.71. The van der Waals surface area contributed by atoms with Crippen molar-refractivity contribution in [1.29, 1.82) is 0 Å². The van der Waals surface area contributed by atoms with Crippen molar-refractivity contribution in [3.63, 3.8) is 0 Å². The van der Waals surface area contributed by atoms with Crippen LogP contribution in [-0.4, -0.2) is 6.54 Å². The van der Waals surface area contributed by atoms with Crippen LogP contribution >= 0.6 is 15.9 Å². The summed E-state index contributed by atoms with van der Waals surface area (Å²) in [5.41, 5.74) is 2.90. The van der Waals surface area contributed by atoms with E-state index >= 15 is 0 Å². The van der Waals surface area contributed by atoms with Crippen LogP contribution in [0.25, 0.3) is 0 Å². The van der Waals surface area contributed by atoms with Crippen LogP contribution in [0.15, 0.2) is 46.9 Å². The second-order valence-electron chi connectivity index (χ2n) is 4.91. The average Bonchev–Trinajstić information content (AvgIpc) is 2.44. The minimum atomic E-state index is -0.141. The van der Waals surface area contributed by atoms with Gasteiger partial charge in [-0.3, -0.25) is 0 Å². The molecule has 0 heterocycles. The number of hydrogen-bond donors (Lipinski definition) is 1. The third-order valence-corrected chi connectivity index (χ3v) is 4.20. The monoisotopic (exact) mass is 335 g/mol. The molecule has 2 rings (SSSR count). The molecule has 2 aromatic rings. The molecular formula is C17H19BrFN. The van der Waals surface area contributed by atoms with E-state index in [2.05, 4.69) is 34.2 Å². The van der Waals surface area contributed by atoms with E-state index in [-0.39, 0.29) is 11.9 Å². The molecule has 0 aliphatic heterocycles. The molecule has 1 unspecified atom stereocenters. The summed E-state index contributed by atoms with van der Waals surface area (Å²) in [6.45, 7) is 4.71. The van der Waals surface area contributed by atoms with Gasteiger partial charge in [0, 0.05) is 10.5 Å². The van der Waals surface area contributed by atoms with Crippen molar-refractivity contribution in [3.05, 3.63) is 69.4 Å². The number of likely N-dealkylation sites (N-methyl/N-ethyl adjacent to an activating group) is 1. The largest absolute Gasteiger partial charge is 0.310 e. The van der Waals surface area contributed by atoms with Gasteiger partial charge in [0.05, 0.1) is 0 Å². The Balaban J connectivity index is 2.27. The highest BCUT2D eigenvalue weighted by Crippen LogP contribution is 2.25. The highest BCUT2D eigenvalue weighted by molar-refractivity contribution is 9.10. The van der Waals surface area contributed by atoms with E-state index in [4.69, 9.17) is 0 Å². The van der Waals surface area contributed by atoms with Gasteiger partial charge in [0.1, 0.15) is 5.82 Å². The van der Waals surface area contributed by atoms with Gasteiger partial charge in [-0.1, -0.05) is 53.2 Å². The number of benzene rings is 2. The Morgan fingerprint density at radius 1 is 1.20 bits per heavy atom. The van der Waals surface area contributed by atoms with Crippen molar-refractivity contribution in [2.24, 2.45) is 0 Å². The summed E-state index contributed by atoms with van der Waals surface area (Å²) < 4.78 is 14.9. The zero-order valence-corrected chi connectivity index (χ0v) is 13.4. The Labute approximate surface area is 128 Å². The number of rotatable bonds is 5. The van der Waals surface area contributed by atoms with Crippen molar-refractivity contribution in [3.8, 4) is 0 Å². The van der Waals surface area contributed by atoms with Crippen LogP contribution in [0.1, 0.15) is 29.7 Å². The van der Waals surface area contributed by atoms with Gasteiger partial charge in [-0.2, -0.15) is 0 Å². The van der Waals surface area contributed by atoms with E-state index < -0.39 is 0 Å². The quantitative estimate of drug-likeness (QED) is 0.828. The summed E-state index contributed by atoms with van der Waals surface area (Å²) in [7, 11) is 0. The van der Waals surface area contributed by atoms with Gasteiger partial charge < -0.3 is 5.32 Å². The Bertz CT molecular complexity index is 583. The minimum absolute atomic E-state index is 0.119. The first-order chi connectivity index (χ1) is 9.61. The van der Waals surface area contributed by atoms with Crippen LogP contribution in [0.4, 0.5) is 4.39 Å². The number of hydrogen-bond acceptors (Lipinski definition) is 1. The lowest BCUT2D eigenvalue weighted by Crippen LogP contribution is -2.23. The molecule has 3 heteroatoms. The molecule has 0 bridgehead atoms. The van der Waals surface area contributed by atoms with Crippen molar-refractivity contribution in [2.75, 3.05) is 6.54 Å². The Morgan fingerprint density at radius 3 is 2.60 bits per heavy atom. The van der Waals surface area contributed by atoms with Crippen LogP contribution in [0.5, 0.6) is 0 Å². The number of halogens is 2. The molecule has 0 amide bonds. The number of nitrogens with one attached hydrogen (secondary N) is 1. The molecule has 0 aliphatic rings. The minimum Gasteiger partial charge on any atom is -0.310 e. The molecule has 1 nitrogen and oxygen atoms in total. The van der Waals surface area contributed by atoms with Crippen LogP contribution in [0.3, 0.4) is 0 Å². The molecule has 0 aromatic heterocycles. The summed E-state index contributed by atoms with van der Waals surface area (Å²) in [6, 6.07) is 13.8. The molecule has 0 aliphatic carbocycles. The first kappa shape index (κ1) is 15.2. The average molecular weight is 336 g/mol. The van der Waals surface area contributed by atoms with Crippen LogP contribution in [0.2, 0.25) is 0 Å². The van der Waals surface area contributed by atoms with Crippen molar-refractivity contribution in [2.45, 2.75) is 26.3 Å². The standard InChI is InChI=1S/C17H19BrFN/c1-3-20-17(11-13-6-4-5-7-15(13)18)14-9-8-12(2)16(19)10-14/h4-10,17,20H,3,11H2,1-2H3. The molecule has 20 heavy (non-hydrogen) atoms. The molecule has 106 valence electrons. The molecule has 2 aromatic carbocycles. The SMILES string of the molecule is CCNC(Cc1ccccc1Br)c1ccc(C)c(F)c1. The van der Waals surface area contributed by atoms with Gasteiger partial charge in [-0.05, 0) is 48.7 Å². The van der Waals surface area contributed by atoms with Gasteiger partial charge in [0.15, 0.2) is 0 Å². The maximum Gasteiger partial charge on any atom is 0.126 e. The molecule has 0 fully saturated rings. The lowest BCUT2D eigenvalue weighted by Gasteiger charge is -2.19. The lowest BCUT2D eigenvalue weighted by molar-refractivity contribution is 0.541. The predicted molar refractivity (Wildman–Crippen MR) is 85.4 cm³/mol. The number of aryl methyl sites for hydroxylation is 1. The Morgan fingerprint density at radius 2 is 1.95 bits per heavy atom. The first-order valence-electron chi connectivity index (χ1n) is 6.84.